The molecule has 3 fully saturated rings. The van der Waals surface area contributed by atoms with Crippen molar-refractivity contribution < 1.29 is 23.1 Å². The molecule has 1 aromatic rings. The van der Waals surface area contributed by atoms with Gasteiger partial charge < -0.3 is 14.9 Å². The second-order valence-electron chi connectivity index (χ2n) is 8.54. The molecule has 1 aliphatic carbocycles. The third kappa shape index (κ3) is 3.93. The van der Waals surface area contributed by atoms with Gasteiger partial charge in [0.15, 0.2) is 0 Å². The van der Waals surface area contributed by atoms with E-state index in [1.54, 1.807) is 0 Å². The molecule has 29 heavy (non-hydrogen) atoms. The molecule has 4 rings (SSSR count). The van der Waals surface area contributed by atoms with Gasteiger partial charge >= 0.3 is 6.18 Å². The van der Waals surface area contributed by atoms with Crippen LogP contribution in [0.2, 0.25) is 5.02 Å². The molecule has 1 N–H and O–H groups in total. The number of hydrogen-bond donors (Lipinski definition) is 1. The SMILES string of the molecule is O=C1N(C2CCC(O)CC2)CCC12CCCN(c1ncc(C(F)(F)F)cc1Cl)C2. The first-order valence-corrected chi connectivity index (χ1v) is 10.5. The number of amides is 1. The number of pyridine rings is 1. The van der Waals surface area contributed by atoms with Crippen LogP contribution in [0.25, 0.3) is 0 Å². The Morgan fingerprint density at radius 1 is 1.17 bits per heavy atom. The number of alkyl halides is 3. The van der Waals surface area contributed by atoms with Gasteiger partial charge in [-0.2, -0.15) is 13.2 Å². The molecule has 3 aliphatic rings. The van der Waals surface area contributed by atoms with Crippen LogP contribution in [0.4, 0.5) is 19.0 Å². The van der Waals surface area contributed by atoms with Crippen molar-refractivity contribution in [3.8, 4) is 0 Å². The van der Waals surface area contributed by atoms with Crippen LogP contribution in [0, 0.1) is 5.41 Å². The summed E-state index contributed by atoms with van der Waals surface area (Å²) in [4.78, 5) is 21.2. The van der Waals surface area contributed by atoms with Gasteiger partial charge in [0.05, 0.1) is 22.1 Å². The number of aromatic nitrogens is 1. The van der Waals surface area contributed by atoms with Crippen LogP contribution in [0.3, 0.4) is 0 Å². The van der Waals surface area contributed by atoms with Crippen molar-refractivity contribution in [3.63, 3.8) is 0 Å². The molecule has 2 aliphatic heterocycles. The minimum atomic E-state index is -4.49. The van der Waals surface area contributed by atoms with Crippen molar-refractivity contribution in [2.75, 3.05) is 24.5 Å². The lowest BCUT2D eigenvalue weighted by Crippen LogP contribution is -2.50. The van der Waals surface area contributed by atoms with Crippen LogP contribution in [0.15, 0.2) is 12.3 Å². The van der Waals surface area contributed by atoms with Crippen molar-refractivity contribution in [1.29, 1.82) is 0 Å². The van der Waals surface area contributed by atoms with E-state index in [1.165, 1.54) is 0 Å². The smallest absolute Gasteiger partial charge is 0.393 e. The Morgan fingerprint density at radius 3 is 2.55 bits per heavy atom. The highest BCUT2D eigenvalue weighted by atomic mass is 35.5. The van der Waals surface area contributed by atoms with Gasteiger partial charge in [-0.25, -0.2) is 4.98 Å². The zero-order chi connectivity index (χ0) is 20.8. The van der Waals surface area contributed by atoms with Crippen molar-refractivity contribution in [2.24, 2.45) is 5.41 Å². The summed E-state index contributed by atoms with van der Waals surface area (Å²) in [5.74, 6) is 0.442. The second-order valence-corrected chi connectivity index (χ2v) is 8.95. The molecule has 2 saturated heterocycles. The predicted octanol–water partition coefficient (Wildman–Crippen LogP) is 3.88. The van der Waals surface area contributed by atoms with Crippen molar-refractivity contribution >= 4 is 23.3 Å². The molecule has 1 unspecified atom stereocenters. The molecule has 1 atom stereocenters. The summed E-state index contributed by atoms with van der Waals surface area (Å²) in [5.41, 5.74) is -1.40. The quantitative estimate of drug-likeness (QED) is 0.772. The lowest BCUT2D eigenvalue weighted by atomic mass is 9.78. The summed E-state index contributed by atoms with van der Waals surface area (Å²) in [6.45, 7) is 1.74. The van der Waals surface area contributed by atoms with Gasteiger partial charge in [-0.05, 0) is 51.0 Å². The largest absolute Gasteiger partial charge is 0.417 e. The second kappa shape index (κ2) is 7.61. The molecule has 1 saturated carbocycles. The normalized spacial score (nSPS) is 31.0. The highest BCUT2D eigenvalue weighted by Gasteiger charge is 2.51. The van der Waals surface area contributed by atoms with E-state index in [9.17, 15) is 23.1 Å². The van der Waals surface area contributed by atoms with E-state index in [1.807, 2.05) is 9.80 Å². The molecule has 5 nitrogen and oxygen atoms in total. The number of piperidine rings is 1. The Hall–Kier alpha value is -1.54. The van der Waals surface area contributed by atoms with Gasteiger partial charge in [0.25, 0.3) is 0 Å². The van der Waals surface area contributed by atoms with Crippen LogP contribution in [0.1, 0.15) is 50.5 Å². The average Bonchev–Trinajstić information content (AvgIpc) is 2.97. The van der Waals surface area contributed by atoms with Crippen molar-refractivity contribution in [1.82, 2.24) is 9.88 Å². The first-order chi connectivity index (χ1) is 13.7. The minimum absolute atomic E-state index is 0.0413. The molecular formula is C20H25ClF3N3O2. The highest BCUT2D eigenvalue weighted by Crippen LogP contribution is 2.44. The van der Waals surface area contributed by atoms with Crippen LogP contribution >= 0.6 is 11.6 Å². The number of likely N-dealkylation sites (tertiary alicyclic amines) is 1. The van der Waals surface area contributed by atoms with E-state index in [2.05, 4.69) is 4.98 Å². The molecule has 1 aromatic heterocycles. The van der Waals surface area contributed by atoms with Crippen molar-refractivity contribution in [3.05, 3.63) is 22.8 Å². The fourth-order valence-electron chi connectivity index (χ4n) is 5.08. The first kappa shape index (κ1) is 20.7. The Morgan fingerprint density at radius 2 is 1.90 bits per heavy atom. The summed E-state index contributed by atoms with van der Waals surface area (Å²) >= 11 is 6.14. The number of nitrogens with zero attached hydrogens (tertiary/aromatic N) is 3. The standard InChI is InChI=1S/C20H25ClF3N3O2/c21-16-10-13(20(22,23)24)11-25-17(16)26-8-1-6-19(12-26)7-9-27(18(19)29)14-2-4-15(28)5-3-14/h10-11,14-15,28H,1-9,12H2. The van der Waals surface area contributed by atoms with Gasteiger partial charge in [0.2, 0.25) is 5.91 Å². The Bertz CT molecular complexity index is 783. The van der Waals surface area contributed by atoms with Crippen LogP contribution in [-0.2, 0) is 11.0 Å². The number of anilines is 1. The van der Waals surface area contributed by atoms with Gasteiger partial charge in [-0.3, -0.25) is 4.79 Å². The Labute approximate surface area is 172 Å². The maximum atomic E-state index is 13.3. The number of rotatable bonds is 2. The van der Waals surface area contributed by atoms with Crippen LogP contribution in [-0.4, -0.2) is 52.7 Å². The van der Waals surface area contributed by atoms with Gasteiger partial charge in [-0.1, -0.05) is 11.6 Å². The third-order valence-electron chi connectivity index (χ3n) is 6.68. The van der Waals surface area contributed by atoms with E-state index in [0.717, 1.165) is 57.2 Å². The number of carbonyl (C=O) groups is 1. The predicted molar refractivity (Wildman–Crippen MR) is 103 cm³/mol. The summed E-state index contributed by atoms with van der Waals surface area (Å²) in [6, 6.07) is 1.08. The highest BCUT2D eigenvalue weighted by molar-refractivity contribution is 6.33. The first-order valence-electron chi connectivity index (χ1n) is 10.2. The molecular weight excluding hydrogens is 407 g/mol. The molecule has 3 heterocycles. The van der Waals surface area contributed by atoms with E-state index < -0.39 is 17.2 Å². The number of hydrogen-bond acceptors (Lipinski definition) is 4. The number of aliphatic hydroxyl groups is 1. The van der Waals surface area contributed by atoms with E-state index in [-0.39, 0.29) is 23.1 Å². The Kier molecular flexibility index (Phi) is 5.44. The summed E-state index contributed by atoms with van der Waals surface area (Å²) < 4.78 is 38.7. The van der Waals surface area contributed by atoms with E-state index in [4.69, 9.17) is 11.6 Å². The zero-order valence-electron chi connectivity index (χ0n) is 16.1. The summed E-state index contributed by atoms with van der Waals surface area (Å²) in [7, 11) is 0. The monoisotopic (exact) mass is 431 g/mol. The third-order valence-corrected chi connectivity index (χ3v) is 6.96. The summed E-state index contributed by atoms with van der Waals surface area (Å²) in [6.07, 6.45) is 1.39. The van der Waals surface area contributed by atoms with Gasteiger partial charge in [0, 0.05) is 31.9 Å². The fraction of sp³-hybridized carbons (Fsp3) is 0.700. The lowest BCUT2D eigenvalue weighted by Gasteiger charge is -2.41. The number of halogens is 4. The maximum Gasteiger partial charge on any atom is 0.417 e. The average molecular weight is 432 g/mol. The molecule has 0 radical (unpaired) electrons. The molecule has 1 spiro atoms. The van der Waals surface area contributed by atoms with E-state index in [0.29, 0.717) is 25.5 Å². The topological polar surface area (TPSA) is 56.7 Å². The zero-order valence-corrected chi connectivity index (χ0v) is 16.8. The van der Waals surface area contributed by atoms with E-state index >= 15 is 0 Å². The fourth-order valence-corrected chi connectivity index (χ4v) is 5.36. The number of carbonyl (C=O) groups excluding carboxylic acids is 1. The van der Waals surface area contributed by atoms with Crippen LogP contribution < -0.4 is 4.90 Å². The molecule has 1 amide bonds. The Balaban J connectivity index is 1.50. The number of aliphatic hydroxyl groups excluding tert-OH is 1. The summed E-state index contributed by atoms with van der Waals surface area (Å²) in [5, 5.41) is 9.69. The molecule has 160 valence electrons. The maximum absolute atomic E-state index is 13.3. The lowest BCUT2D eigenvalue weighted by molar-refractivity contribution is -0.139. The molecule has 0 aromatic carbocycles. The van der Waals surface area contributed by atoms with Crippen LogP contribution in [0.5, 0.6) is 0 Å². The molecule has 9 heteroatoms. The van der Waals surface area contributed by atoms with Gasteiger partial charge in [0.1, 0.15) is 5.82 Å². The minimum Gasteiger partial charge on any atom is -0.393 e. The molecule has 0 bridgehead atoms. The van der Waals surface area contributed by atoms with Gasteiger partial charge in [-0.15, -0.1) is 0 Å². The van der Waals surface area contributed by atoms with Crippen molar-refractivity contribution in [2.45, 2.75) is 63.3 Å².